The number of thioether (sulfide) groups is 1. The fourth-order valence-corrected chi connectivity index (χ4v) is 4.91. The molecule has 0 radical (unpaired) electrons. The van der Waals surface area contributed by atoms with Crippen LogP contribution in [0.15, 0.2) is 83.8 Å². The van der Waals surface area contributed by atoms with E-state index in [9.17, 15) is 9.59 Å². The summed E-state index contributed by atoms with van der Waals surface area (Å²) < 4.78 is 0. The maximum Gasteiger partial charge on any atom is 0.244 e. The van der Waals surface area contributed by atoms with Crippen LogP contribution in [0.4, 0.5) is 10.8 Å². The Hall–Kier alpha value is -3.20. The largest absolute Gasteiger partial charge is 0.326 e. The molecule has 0 aliphatic heterocycles. The van der Waals surface area contributed by atoms with Gasteiger partial charge >= 0.3 is 0 Å². The number of benzene rings is 3. The SMILES string of the molecule is Cc1nnc(NC(=O)C(Sc2ccc(NC(=O)Cc3ccc(Cl)cc3)cc2)c2ccccc2)s1. The number of aryl methyl sites for hydroxylation is 1. The van der Waals surface area contributed by atoms with E-state index in [4.69, 9.17) is 11.6 Å². The predicted molar refractivity (Wildman–Crippen MR) is 139 cm³/mol. The van der Waals surface area contributed by atoms with Gasteiger partial charge in [-0.3, -0.25) is 14.9 Å². The van der Waals surface area contributed by atoms with Crippen LogP contribution in [0.2, 0.25) is 5.02 Å². The van der Waals surface area contributed by atoms with E-state index < -0.39 is 5.25 Å². The Kier molecular flexibility index (Phi) is 7.95. The monoisotopic (exact) mass is 508 g/mol. The highest BCUT2D eigenvalue weighted by Crippen LogP contribution is 2.37. The molecule has 6 nitrogen and oxygen atoms in total. The van der Waals surface area contributed by atoms with Gasteiger partial charge in [-0.2, -0.15) is 0 Å². The third-order valence-electron chi connectivity index (χ3n) is 4.77. The minimum atomic E-state index is -0.476. The smallest absolute Gasteiger partial charge is 0.244 e. The Morgan fingerprint density at radius 2 is 1.65 bits per heavy atom. The number of anilines is 2. The van der Waals surface area contributed by atoms with Crippen LogP contribution in [0.25, 0.3) is 0 Å². The second-order valence-corrected chi connectivity index (χ2v) is 10.2. The normalized spacial score (nSPS) is 11.6. The first-order valence-electron chi connectivity index (χ1n) is 10.4. The number of aromatic nitrogens is 2. The molecule has 1 aromatic heterocycles. The Labute approximate surface area is 210 Å². The van der Waals surface area contributed by atoms with Crippen LogP contribution in [0.5, 0.6) is 0 Å². The van der Waals surface area contributed by atoms with Gasteiger partial charge in [-0.05, 0) is 54.4 Å². The molecule has 0 aliphatic carbocycles. The lowest BCUT2D eigenvalue weighted by molar-refractivity contribution is -0.116. The quantitative estimate of drug-likeness (QED) is 0.279. The Balaban J connectivity index is 1.42. The van der Waals surface area contributed by atoms with Crippen molar-refractivity contribution < 1.29 is 9.59 Å². The Morgan fingerprint density at radius 1 is 0.941 bits per heavy atom. The number of nitrogens with one attached hydrogen (secondary N) is 2. The fraction of sp³-hybridized carbons (Fsp3) is 0.120. The Bertz CT molecular complexity index is 1260. The number of hydrogen-bond donors (Lipinski definition) is 2. The van der Waals surface area contributed by atoms with Gasteiger partial charge in [0.2, 0.25) is 16.9 Å². The molecule has 0 bridgehead atoms. The van der Waals surface area contributed by atoms with Crippen molar-refractivity contribution in [3.8, 4) is 0 Å². The van der Waals surface area contributed by atoms with Crippen LogP contribution in [0, 0.1) is 6.92 Å². The van der Waals surface area contributed by atoms with Gasteiger partial charge in [-0.1, -0.05) is 65.4 Å². The molecule has 2 N–H and O–H groups in total. The van der Waals surface area contributed by atoms with Crippen molar-refractivity contribution in [2.75, 3.05) is 10.6 Å². The summed E-state index contributed by atoms with van der Waals surface area (Å²) in [5.74, 6) is -0.288. The zero-order chi connectivity index (χ0) is 23.9. The summed E-state index contributed by atoms with van der Waals surface area (Å²) in [5.41, 5.74) is 2.45. The van der Waals surface area contributed by atoms with Crippen molar-refractivity contribution in [1.29, 1.82) is 0 Å². The molecule has 3 aromatic carbocycles. The molecular weight excluding hydrogens is 488 g/mol. The molecule has 172 valence electrons. The van der Waals surface area contributed by atoms with Gasteiger partial charge < -0.3 is 5.32 Å². The standard InChI is InChI=1S/C25H21ClN4O2S2/c1-16-29-30-25(33-16)28-24(32)23(18-5-3-2-4-6-18)34-21-13-11-20(12-14-21)27-22(31)15-17-7-9-19(26)10-8-17/h2-14,23H,15H2,1H3,(H,27,31)(H,28,30,32). The molecule has 34 heavy (non-hydrogen) atoms. The highest BCUT2D eigenvalue weighted by Gasteiger charge is 2.23. The van der Waals surface area contributed by atoms with E-state index in [0.29, 0.717) is 15.8 Å². The number of rotatable bonds is 8. The van der Waals surface area contributed by atoms with Crippen LogP contribution in [-0.2, 0) is 16.0 Å². The van der Waals surface area contributed by atoms with Crippen molar-refractivity contribution in [1.82, 2.24) is 10.2 Å². The molecular formula is C25H21ClN4O2S2. The van der Waals surface area contributed by atoms with Gasteiger partial charge in [0.1, 0.15) is 10.3 Å². The molecule has 1 atom stereocenters. The summed E-state index contributed by atoms with van der Waals surface area (Å²) in [6, 6.07) is 24.2. The van der Waals surface area contributed by atoms with E-state index in [1.165, 1.54) is 23.1 Å². The molecule has 9 heteroatoms. The van der Waals surface area contributed by atoms with E-state index in [-0.39, 0.29) is 18.2 Å². The third-order valence-corrected chi connectivity index (χ3v) is 7.04. The Morgan fingerprint density at radius 3 is 2.29 bits per heavy atom. The topological polar surface area (TPSA) is 84.0 Å². The molecule has 0 fully saturated rings. The number of hydrogen-bond acceptors (Lipinski definition) is 6. The van der Waals surface area contributed by atoms with Crippen molar-refractivity contribution in [2.24, 2.45) is 0 Å². The molecule has 2 amide bonds. The van der Waals surface area contributed by atoms with Crippen LogP contribution >= 0.6 is 34.7 Å². The second kappa shape index (κ2) is 11.3. The van der Waals surface area contributed by atoms with Gasteiger partial charge in [-0.15, -0.1) is 22.0 Å². The van der Waals surface area contributed by atoms with Gasteiger partial charge in [-0.25, -0.2) is 0 Å². The molecule has 1 unspecified atom stereocenters. The first kappa shape index (κ1) is 23.9. The van der Waals surface area contributed by atoms with E-state index in [1.807, 2.05) is 73.7 Å². The van der Waals surface area contributed by atoms with E-state index >= 15 is 0 Å². The first-order valence-corrected chi connectivity index (χ1v) is 12.5. The highest BCUT2D eigenvalue weighted by molar-refractivity contribution is 8.00. The predicted octanol–water partition coefficient (Wildman–Crippen LogP) is 6.15. The van der Waals surface area contributed by atoms with Crippen molar-refractivity contribution >= 4 is 57.3 Å². The average molecular weight is 509 g/mol. The lowest BCUT2D eigenvalue weighted by atomic mass is 10.1. The average Bonchev–Trinajstić information content (AvgIpc) is 3.25. The lowest BCUT2D eigenvalue weighted by Gasteiger charge is -2.16. The minimum Gasteiger partial charge on any atom is -0.326 e. The molecule has 0 aliphatic rings. The van der Waals surface area contributed by atoms with Gasteiger partial charge in [0.15, 0.2) is 0 Å². The number of amides is 2. The van der Waals surface area contributed by atoms with Gasteiger partial charge in [0, 0.05) is 15.6 Å². The lowest BCUT2D eigenvalue weighted by Crippen LogP contribution is -2.19. The zero-order valence-electron chi connectivity index (χ0n) is 18.2. The second-order valence-electron chi connectivity index (χ2n) is 7.40. The van der Waals surface area contributed by atoms with Crippen LogP contribution in [-0.4, -0.2) is 22.0 Å². The third kappa shape index (κ3) is 6.66. The van der Waals surface area contributed by atoms with E-state index in [0.717, 1.165) is 21.0 Å². The van der Waals surface area contributed by atoms with Crippen LogP contribution in [0.1, 0.15) is 21.4 Å². The van der Waals surface area contributed by atoms with Gasteiger partial charge in [0.05, 0.1) is 6.42 Å². The first-order chi connectivity index (χ1) is 16.5. The number of nitrogens with zero attached hydrogens (tertiary/aromatic N) is 2. The molecule has 1 heterocycles. The summed E-state index contributed by atoms with van der Waals surface area (Å²) >= 11 is 8.66. The van der Waals surface area contributed by atoms with E-state index in [1.54, 1.807) is 12.1 Å². The maximum absolute atomic E-state index is 13.1. The summed E-state index contributed by atoms with van der Waals surface area (Å²) in [5, 5.41) is 15.1. The van der Waals surface area contributed by atoms with Crippen molar-refractivity contribution in [3.05, 3.63) is 100 Å². The summed E-state index contributed by atoms with van der Waals surface area (Å²) in [7, 11) is 0. The summed E-state index contributed by atoms with van der Waals surface area (Å²) in [6.45, 7) is 1.84. The fourth-order valence-electron chi connectivity index (χ4n) is 3.16. The number of carbonyl (C=O) groups excluding carboxylic acids is 2. The highest BCUT2D eigenvalue weighted by atomic mass is 35.5. The maximum atomic E-state index is 13.1. The number of carbonyl (C=O) groups is 2. The minimum absolute atomic E-state index is 0.114. The molecule has 0 spiro atoms. The zero-order valence-corrected chi connectivity index (χ0v) is 20.6. The molecule has 0 saturated carbocycles. The van der Waals surface area contributed by atoms with Crippen molar-refractivity contribution in [3.63, 3.8) is 0 Å². The molecule has 0 saturated heterocycles. The summed E-state index contributed by atoms with van der Waals surface area (Å²) in [6.07, 6.45) is 0.259. The van der Waals surface area contributed by atoms with Crippen LogP contribution in [0.3, 0.4) is 0 Å². The number of halogens is 1. The van der Waals surface area contributed by atoms with E-state index in [2.05, 4.69) is 20.8 Å². The molecule has 4 rings (SSSR count). The molecule has 4 aromatic rings. The summed E-state index contributed by atoms with van der Waals surface area (Å²) in [4.78, 5) is 26.3. The van der Waals surface area contributed by atoms with Gasteiger partial charge in [0.25, 0.3) is 0 Å². The van der Waals surface area contributed by atoms with Crippen LogP contribution < -0.4 is 10.6 Å². The van der Waals surface area contributed by atoms with Crippen molar-refractivity contribution in [2.45, 2.75) is 23.5 Å².